The van der Waals surface area contributed by atoms with Gasteiger partial charge in [0, 0.05) is 30.9 Å². The summed E-state index contributed by atoms with van der Waals surface area (Å²) in [5.74, 6) is -0.0375. The average Bonchev–Trinajstić information content (AvgIpc) is 3.00. The second-order valence-corrected chi connectivity index (χ2v) is 10.8. The third-order valence-electron chi connectivity index (χ3n) is 7.59. The Morgan fingerprint density at radius 3 is 2.51 bits per heavy atom. The molecule has 0 bridgehead atoms. The number of Topliss-reactive ketones (excluding diaryl/α,β-unsaturated/α-hetero) is 1. The number of halogens is 2. The molecular weight excluding hydrogens is 485 g/mol. The van der Waals surface area contributed by atoms with Crippen molar-refractivity contribution in [3.05, 3.63) is 62.9 Å². The number of pyridine rings is 1. The molecule has 2 fully saturated rings. The highest BCUT2D eigenvalue weighted by molar-refractivity contribution is 6.30. The molecule has 0 radical (unpaired) electrons. The van der Waals surface area contributed by atoms with Crippen molar-refractivity contribution < 1.29 is 14.3 Å². The van der Waals surface area contributed by atoms with Crippen LogP contribution in [0.2, 0.25) is 10.0 Å². The minimum atomic E-state index is -0.561. The number of carbonyl (C=O) groups is 2. The molecular formula is C27H31Cl2N3O3. The van der Waals surface area contributed by atoms with Gasteiger partial charge in [0.25, 0.3) is 0 Å². The summed E-state index contributed by atoms with van der Waals surface area (Å²) in [4.78, 5) is 34.5. The Bertz CT molecular complexity index is 1070. The molecule has 35 heavy (non-hydrogen) atoms. The second kappa shape index (κ2) is 10.5. The van der Waals surface area contributed by atoms with Gasteiger partial charge in [-0.2, -0.15) is 0 Å². The maximum Gasteiger partial charge on any atom is 0.410 e. The molecule has 2 aliphatic carbocycles. The van der Waals surface area contributed by atoms with E-state index in [1.54, 1.807) is 18.0 Å². The van der Waals surface area contributed by atoms with Crippen molar-refractivity contribution in [1.82, 2.24) is 14.8 Å². The minimum Gasteiger partial charge on any atom is -0.446 e. The molecule has 0 N–H and O–H groups in total. The second-order valence-electron chi connectivity index (χ2n) is 9.90. The lowest BCUT2D eigenvalue weighted by molar-refractivity contribution is -0.124. The van der Waals surface area contributed by atoms with E-state index in [0.717, 1.165) is 55.3 Å². The SMILES string of the molecule is CC(=O)[C@H]1CN(C2c3ccc(Cl)cc3CCc3cc(Cl)cnc32)CCN1C(=O)OC1CCCCC1. The van der Waals surface area contributed by atoms with Crippen molar-refractivity contribution in [2.24, 2.45) is 0 Å². The lowest BCUT2D eigenvalue weighted by Crippen LogP contribution is -2.59. The highest BCUT2D eigenvalue weighted by Gasteiger charge is 2.40. The van der Waals surface area contributed by atoms with Gasteiger partial charge >= 0.3 is 6.09 Å². The molecule has 1 aliphatic heterocycles. The number of amides is 1. The van der Waals surface area contributed by atoms with E-state index in [-0.39, 0.29) is 24.0 Å². The molecule has 2 heterocycles. The van der Waals surface area contributed by atoms with E-state index in [1.165, 1.54) is 12.0 Å². The number of fused-ring (bicyclic) bond motifs is 2. The number of carbonyl (C=O) groups excluding carboxylic acids is 2. The van der Waals surface area contributed by atoms with Gasteiger partial charge in [-0.3, -0.25) is 19.6 Å². The molecule has 6 nitrogen and oxygen atoms in total. The fourth-order valence-corrected chi connectivity index (χ4v) is 6.16. The summed E-state index contributed by atoms with van der Waals surface area (Å²) in [6.45, 7) is 3.02. The van der Waals surface area contributed by atoms with Gasteiger partial charge in [0.05, 0.1) is 16.8 Å². The van der Waals surface area contributed by atoms with Crippen LogP contribution < -0.4 is 0 Å². The van der Waals surface area contributed by atoms with Crippen LogP contribution in [0, 0.1) is 0 Å². The van der Waals surface area contributed by atoms with Crippen molar-refractivity contribution in [3.8, 4) is 0 Å². The molecule has 1 unspecified atom stereocenters. The van der Waals surface area contributed by atoms with Gasteiger partial charge in [-0.05, 0) is 80.3 Å². The molecule has 1 amide bonds. The Labute approximate surface area is 216 Å². The van der Waals surface area contributed by atoms with Crippen LogP contribution in [0.1, 0.15) is 67.5 Å². The van der Waals surface area contributed by atoms with Gasteiger partial charge in [0.2, 0.25) is 0 Å². The number of benzene rings is 1. The zero-order valence-electron chi connectivity index (χ0n) is 20.0. The predicted octanol–water partition coefficient (Wildman–Crippen LogP) is 5.62. The van der Waals surface area contributed by atoms with Gasteiger partial charge in [-0.25, -0.2) is 4.79 Å². The van der Waals surface area contributed by atoms with Crippen LogP contribution >= 0.6 is 23.2 Å². The number of rotatable bonds is 3. The summed E-state index contributed by atoms with van der Waals surface area (Å²) in [5.41, 5.74) is 4.38. The maximum absolute atomic E-state index is 13.1. The summed E-state index contributed by atoms with van der Waals surface area (Å²) in [5, 5.41) is 1.32. The normalized spacial score (nSPS) is 23.2. The van der Waals surface area contributed by atoms with E-state index in [1.807, 2.05) is 18.2 Å². The molecule has 1 saturated heterocycles. The summed E-state index contributed by atoms with van der Waals surface area (Å²) in [6, 6.07) is 7.29. The number of nitrogens with zero attached hydrogens (tertiary/aromatic N) is 3. The van der Waals surface area contributed by atoms with Crippen molar-refractivity contribution in [1.29, 1.82) is 0 Å². The lowest BCUT2D eigenvalue weighted by atomic mass is 9.95. The van der Waals surface area contributed by atoms with Crippen molar-refractivity contribution >= 4 is 35.1 Å². The largest absolute Gasteiger partial charge is 0.446 e. The maximum atomic E-state index is 13.1. The summed E-state index contributed by atoms with van der Waals surface area (Å²) >= 11 is 12.6. The molecule has 2 aromatic rings. The first-order valence-electron chi connectivity index (χ1n) is 12.5. The minimum absolute atomic E-state index is 0.0375. The van der Waals surface area contributed by atoms with Crippen LogP contribution in [0.5, 0.6) is 0 Å². The van der Waals surface area contributed by atoms with Gasteiger partial charge < -0.3 is 4.74 Å². The Balaban J connectivity index is 1.44. The van der Waals surface area contributed by atoms with Gasteiger partial charge in [-0.1, -0.05) is 35.7 Å². The van der Waals surface area contributed by atoms with Crippen molar-refractivity contribution in [2.75, 3.05) is 19.6 Å². The predicted molar refractivity (Wildman–Crippen MR) is 136 cm³/mol. The number of ether oxygens (including phenoxy) is 1. The third-order valence-corrected chi connectivity index (χ3v) is 8.03. The van der Waals surface area contributed by atoms with Crippen LogP contribution in [0.15, 0.2) is 30.5 Å². The Morgan fingerprint density at radius 1 is 1.00 bits per heavy atom. The van der Waals surface area contributed by atoms with Crippen molar-refractivity contribution in [3.63, 3.8) is 0 Å². The number of aromatic nitrogens is 1. The Hall–Kier alpha value is -2.15. The quantitative estimate of drug-likeness (QED) is 0.530. The number of piperazine rings is 1. The van der Waals surface area contributed by atoms with Crippen LogP contribution in [-0.2, 0) is 22.4 Å². The van der Waals surface area contributed by atoms with Gasteiger partial charge in [0.1, 0.15) is 12.1 Å². The van der Waals surface area contributed by atoms with Crippen LogP contribution in [-0.4, -0.2) is 58.4 Å². The first kappa shape index (κ1) is 24.5. The van der Waals surface area contributed by atoms with Crippen LogP contribution in [0.4, 0.5) is 4.79 Å². The average molecular weight is 516 g/mol. The van der Waals surface area contributed by atoms with Gasteiger partial charge in [0.15, 0.2) is 5.78 Å². The molecule has 1 aromatic carbocycles. The molecule has 8 heteroatoms. The lowest BCUT2D eigenvalue weighted by Gasteiger charge is -2.43. The zero-order valence-corrected chi connectivity index (χ0v) is 21.5. The molecule has 5 rings (SSSR count). The molecule has 186 valence electrons. The molecule has 1 saturated carbocycles. The highest BCUT2D eigenvalue weighted by atomic mass is 35.5. The van der Waals surface area contributed by atoms with E-state index in [2.05, 4.69) is 11.0 Å². The summed E-state index contributed by atoms with van der Waals surface area (Å²) in [7, 11) is 0. The molecule has 2 atom stereocenters. The van der Waals surface area contributed by atoms with E-state index >= 15 is 0 Å². The van der Waals surface area contributed by atoms with Gasteiger partial charge in [-0.15, -0.1) is 0 Å². The Kier molecular flexibility index (Phi) is 7.33. The molecule has 3 aliphatic rings. The fraction of sp³-hybridized carbons (Fsp3) is 0.519. The third kappa shape index (κ3) is 5.20. The first-order valence-corrected chi connectivity index (χ1v) is 13.3. The number of hydrogen-bond acceptors (Lipinski definition) is 5. The van der Waals surface area contributed by atoms with E-state index in [9.17, 15) is 9.59 Å². The van der Waals surface area contributed by atoms with E-state index in [4.69, 9.17) is 32.9 Å². The fourth-order valence-electron chi connectivity index (χ4n) is 5.78. The first-order chi connectivity index (χ1) is 16.9. The van der Waals surface area contributed by atoms with E-state index in [0.29, 0.717) is 29.7 Å². The number of hydrogen-bond donors (Lipinski definition) is 0. The smallest absolute Gasteiger partial charge is 0.410 e. The number of ketones is 1. The summed E-state index contributed by atoms with van der Waals surface area (Å²) < 4.78 is 5.83. The Morgan fingerprint density at radius 2 is 1.74 bits per heavy atom. The molecule has 0 spiro atoms. The monoisotopic (exact) mass is 515 g/mol. The van der Waals surface area contributed by atoms with Crippen LogP contribution in [0.3, 0.4) is 0 Å². The highest BCUT2D eigenvalue weighted by Crippen LogP contribution is 2.38. The van der Waals surface area contributed by atoms with E-state index < -0.39 is 6.04 Å². The van der Waals surface area contributed by atoms with Crippen LogP contribution in [0.25, 0.3) is 0 Å². The van der Waals surface area contributed by atoms with Crippen molar-refractivity contribution in [2.45, 2.75) is 70.1 Å². The molecule has 1 aromatic heterocycles. The zero-order chi connectivity index (χ0) is 24.5. The number of aryl methyl sites for hydroxylation is 2. The standard InChI is InChI=1S/C27H31Cl2N3O3/c1-17(33)24-16-31(11-12-32(24)27(34)35-22-5-3-2-4-6-22)26-23-10-9-20(28)13-18(23)7-8-19-14-21(29)15-30-25(19)26/h9-10,13-15,22,24,26H,2-8,11-12,16H2,1H3/t24-,26?/m1/s1. The summed E-state index contributed by atoms with van der Waals surface area (Å²) in [6.07, 6.45) is 8.11. The topological polar surface area (TPSA) is 62.7 Å².